The summed E-state index contributed by atoms with van der Waals surface area (Å²) in [6, 6.07) is 0. The predicted octanol–water partition coefficient (Wildman–Crippen LogP) is 5.06. The molecule has 0 aromatic heterocycles. The van der Waals surface area contributed by atoms with Gasteiger partial charge in [0.1, 0.15) is 0 Å². The Balaban J connectivity index is 2.00. The maximum absolute atomic E-state index is 11.9. The van der Waals surface area contributed by atoms with Gasteiger partial charge in [-0.25, -0.2) is 0 Å². The first kappa shape index (κ1) is 15.8. The van der Waals surface area contributed by atoms with Crippen molar-refractivity contribution in [1.29, 1.82) is 0 Å². The molecule has 0 spiro atoms. The van der Waals surface area contributed by atoms with Crippen molar-refractivity contribution in [3.05, 3.63) is 23.8 Å². The van der Waals surface area contributed by atoms with E-state index in [4.69, 9.17) is 0 Å². The Morgan fingerprint density at radius 3 is 2.64 bits per heavy atom. The molecule has 22 heavy (non-hydrogen) atoms. The molecule has 2 nitrogen and oxygen atoms in total. The summed E-state index contributed by atoms with van der Waals surface area (Å²) in [5, 5.41) is 9.82. The number of allylic oxidation sites excluding steroid dienone is 4. The molecule has 0 bridgehead atoms. The van der Waals surface area contributed by atoms with E-state index in [9.17, 15) is 9.90 Å². The van der Waals surface area contributed by atoms with Crippen molar-refractivity contribution in [2.24, 2.45) is 34.5 Å². The first-order valence-corrected chi connectivity index (χ1v) is 8.91. The fraction of sp³-hybridized carbons (Fsp3) is 0.750. The summed E-state index contributed by atoms with van der Waals surface area (Å²) in [7, 11) is 0. The molecule has 0 aromatic carbocycles. The van der Waals surface area contributed by atoms with Crippen LogP contribution in [0, 0.1) is 34.5 Å². The van der Waals surface area contributed by atoms with Crippen LogP contribution in [0.4, 0.5) is 0 Å². The summed E-state index contributed by atoms with van der Waals surface area (Å²) in [5.74, 6) is 1.34. The van der Waals surface area contributed by atoms with E-state index in [0.29, 0.717) is 17.8 Å². The van der Waals surface area contributed by atoms with Gasteiger partial charge in [-0.3, -0.25) is 4.79 Å². The highest BCUT2D eigenvalue weighted by molar-refractivity contribution is 5.75. The lowest BCUT2D eigenvalue weighted by Gasteiger charge is -2.57. The van der Waals surface area contributed by atoms with Gasteiger partial charge < -0.3 is 5.11 Å². The van der Waals surface area contributed by atoms with Crippen LogP contribution in [0.5, 0.6) is 0 Å². The van der Waals surface area contributed by atoms with Crippen LogP contribution < -0.4 is 0 Å². The molecule has 122 valence electrons. The number of rotatable bonds is 2. The quantitative estimate of drug-likeness (QED) is 0.724. The second-order valence-electron chi connectivity index (χ2n) is 8.56. The minimum atomic E-state index is -0.610. The second-order valence-corrected chi connectivity index (χ2v) is 8.56. The molecule has 0 saturated heterocycles. The predicted molar refractivity (Wildman–Crippen MR) is 89.5 cm³/mol. The number of fused-ring (bicyclic) bond motifs is 3. The lowest BCUT2D eigenvalue weighted by atomic mass is 9.46. The van der Waals surface area contributed by atoms with Crippen LogP contribution in [0.15, 0.2) is 23.8 Å². The molecule has 0 aliphatic heterocycles. The molecule has 2 heteroatoms. The van der Waals surface area contributed by atoms with Crippen LogP contribution in [0.3, 0.4) is 0 Å². The fourth-order valence-electron chi connectivity index (χ4n) is 5.60. The van der Waals surface area contributed by atoms with Gasteiger partial charge in [-0.2, -0.15) is 0 Å². The zero-order chi connectivity index (χ0) is 16.1. The van der Waals surface area contributed by atoms with Crippen LogP contribution in [0.25, 0.3) is 0 Å². The molecule has 5 unspecified atom stereocenters. The number of hydrogen-bond acceptors (Lipinski definition) is 1. The molecular formula is C20H30O2. The van der Waals surface area contributed by atoms with Crippen LogP contribution in [-0.2, 0) is 4.79 Å². The van der Waals surface area contributed by atoms with Gasteiger partial charge in [0.25, 0.3) is 0 Å². The van der Waals surface area contributed by atoms with Crippen LogP contribution in [0.1, 0.15) is 59.8 Å². The third kappa shape index (κ3) is 2.18. The number of hydrogen-bond donors (Lipinski definition) is 1. The summed E-state index contributed by atoms with van der Waals surface area (Å²) < 4.78 is 0. The number of carboxylic acids is 1. The molecule has 3 aliphatic rings. The largest absolute Gasteiger partial charge is 0.481 e. The highest BCUT2D eigenvalue weighted by Gasteiger charge is 2.57. The van der Waals surface area contributed by atoms with E-state index in [1.54, 1.807) is 5.57 Å². The van der Waals surface area contributed by atoms with Crippen LogP contribution >= 0.6 is 0 Å². The fourth-order valence-corrected chi connectivity index (χ4v) is 5.60. The van der Waals surface area contributed by atoms with Crippen molar-refractivity contribution < 1.29 is 9.90 Å². The Morgan fingerprint density at radius 2 is 2.00 bits per heavy atom. The van der Waals surface area contributed by atoms with Crippen molar-refractivity contribution >= 4 is 5.97 Å². The maximum Gasteiger partial charge on any atom is 0.309 e. The van der Waals surface area contributed by atoms with Gasteiger partial charge in [-0.1, -0.05) is 51.0 Å². The number of carboxylic acid groups (broad SMARTS) is 1. The van der Waals surface area contributed by atoms with Crippen molar-refractivity contribution in [3.63, 3.8) is 0 Å². The Morgan fingerprint density at radius 1 is 1.27 bits per heavy atom. The molecule has 0 heterocycles. The van der Waals surface area contributed by atoms with E-state index in [1.165, 1.54) is 19.3 Å². The van der Waals surface area contributed by atoms with Gasteiger partial charge in [-0.15, -0.1) is 0 Å². The molecule has 1 N–H and O–H groups in total. The van der Waals surface area contributed by atoms with E-state index in [-0.39, 0.29) is 11.3 Å². The zero-order valence-corrected chi connectivity index (χ0v) is 14.4. The van der Waals surface area contributed by atoms with Gasteiger partial charge >= 0.3 is 5.97 Å². The molecule has 0 amide bonds. The molecule has 5 atom stereocenters. The van der Waals surface area contributed by atoms with Crippen LogP contribution in [-0.4, -0.2) is 11.1 Å². The highest BCUT2D eigenvalue weighted by atomic mass is 16.4. The summed E-state index contributed by atoms with van der Waals surface area (Å²) in [6.07, 6.45) is 12.5. The topological polar surface area (TPSA) is 37.3 Å². The van der Waals surface area contributed by atoms with Crippen molar-refractivity contribution in [2.75, 3.05) is 0 Å². The molecule has 3 aliphatic carbocycles. The summed E-state index contributed by atoms with van der Waals surface area (Å²) >= 11 is 0. The Bertz CT molecular complexity index is 530. The maximum atomic E-state index is 11.9. The first-order chi connectivity index (χ1) is 10.3. The molecular weight excluding hydrogens is 272 g/mol. The van der Waals surface area contributed by atoms with E-state index in [1.807, 2.05) is 6.92 Å². The summed E-state index contributed by atoms with van der Waals surface area (Å²) in [4.78, 5) is 11.9. The van der Waals surface area contributed by atoms with Crippen molar-refractivity contribution in [3.8, 4) is 0 Å². The van der Waals surface area contributed by atoms with Gasteiger partial charge in [0.2, 0.25) is 0 Å². The Hall–Kier alpha value is -1.05. The highest BCUT2D eigenvalue weighted by Crippen LogP contribution is 2.61. The minimum Gasteiger partial charge on any atom is -0.481 e. The van der Waals surface area contributed by atoms with Gasteiger partial charge in [-0.05, 0) is 61.7 Å². The second kappa shape index (κ2) is 5.25. The van der Waals surface area contributed by atoms with E-state index in [0.717, 1.165) is 12.8 Å². The minimum absolute atomic E-state index is 0.143. The number of carbonyl (C=O) groups is 1. The van der Waals surface area contributed by atoms with Gasteiger partial charge in [0.05, 0.1) is 5.41 Å². The molecule has 0 radical (unpaired) electrons. The summed E-state index contributed by atoms with van der Waals surface area (Å²) in [5.41, 5.74) is 1.14. The van der Waals surface area contributed by atoms with E-state index >= 15 is 0 Å². The van der Waals surface area contributed by atoms with Gasteiger partial charge in [0, 0.05) is 0 Å². The Kier molecular flexibility index (Phi) is 3.78. The summed E-state index contributed by atoms with van der Waals surface area (Å²) in [6.45, 7) is 8.91. The molecule has 0 aromatic rings. The van der Waals surface area contributed by atoms with Crippen LogP contribution in [0.2, 0.25) is 0 Å². The average Bonchev–Trinajstić information content (AvgIpc) is 2.46. The Labute approximate surface area is 134 Å². The normalized spacial score (nSPS) is 44.2. The first-order valence-electron chi connectivity index (χ1n) is 8.91. The zero-order valence-electron chi connectivity index (χ0n) is 14.4. The third-order valence-electron chi connectivity index (χ3n) is 7.03. The smallest absolute Gasteiger partial charge is 0.309 e. The monoisotopic (exact) mass is 302 g/mol. The molecule has 1 fully saturated rings. The lowest BCUT2D eigenvalue weighted by Crippen LogP contribution is -2.53. The van der Waals surface area contributed by atoms with Gasteiger partial charge in [0.15, 0.2) is 0 Å². The van der Waals surface area contributed by atoms with E-state index in [2.05, 4.69) is 39.0 Å². The third-order valence-corrected chi connectivity index (χ3v) is 7.03. The standard InChI is InChI=1S/C20H30O2/c1-13(2)14-6-8-16-15(12-14)7-9-17-19(16,3)10-5-11-20(17,4)18(21)22/h7,9,12-13,15-17H,5-6,8,10-11H2,1-4H3,(H,21,22). The lowest BCUT2D eigenvalue weighted by molar-refractivity contribution is -0.160. The number of aliphatic carboxylic acids is 1. The molecule has 3 rings (SSSR count). The average molecular weight is 302 g/mol. The van der Waals surface area contributed by atoms with Crippen molar-refractivity contribution in [1.82, 2.24) is 0 Å². The van der Waals surface area contributed by atoms with Crippen molar-refractivity contribution in [2.45, 2.75) is 59.8 Å². The van der Waals surface area contributed by atoms with E-state index < -0.39 is 11.4 Å². The SMILES string of the molecule is CC(C)C1=CC2C=CC3C(C)(C(=O)O)CCCC3(C)C2CC1. The molecule has 1 saturated carbocycles.